The first kappa shape index (κ1) is 29.7. The molecule has 1 heterocycles. The van der Waals surface area contributed by atoms with Crippen LogP contribution in [-0.2, 0) is 32.0 Å². The molecule has 1 aliphatic heterocycles. The normalized spacial score (nSPS) is 20.6. The van der Waals surface area contributed by atoms with E-state index in [4.69, 9.17) is 4.74 Å². The Bertz CT molecular complexity index is 1280. The fourth-order valence-electron chi connectivity index (χ4n) is 5.02. The number of aliphatic hydroxyl groups is 1. The van der Waals surface area contributed by atoms with Crippen LogP contribution in [0.4, 0.5) is 0 Å². The smallest absolute Gasteiger partial charge is 0.309 e. The average Bonchev–Trinajstić information content (AvgIpc) is 3.00. The Kier molecular flexibility index (Phi) is 11.3. The molecule has 0 radical (unpaired) electrons. The van der Waals surface area contributed by atoms with Gasteiger partial charge in [-0.1, -0.05) is 103 Å². The van der Waals surface area contributed by atoms with Crippen LogP contribution in [0.25, 0.3) is 0 Å². The summed E-state index contributed by atoms with van der Waals surface area (Å²) in [6.45, 7) is -0.214. The summed E-state index contributed by atoms with van der Waals surface area (Å²) in [4.78, 5) is 39.6. The van der Waals surface area contributed by atoms with Crippen molar-refractivity contribution in [1.29, 1.82) is 0 Å². The number of benzene rings is 3. The van der Waals surface area contributed by atoms with Gasteiger partial charge >= 0.3 is 5.97 Å². The van der Waals surface area contributed by atoms with Gasteiger partial charge in [-0.15, -0.1) is 0 Å². The van der Waals surface area contributed by atoms with Gasteiger partial charge in [-0.25, -0.2) is 0 Å². The molecular formula is C34H38N2O5. The van der Waals surface area contributed by atoms with Crippen LogP contribution in [0.2, 0.25) is 0 Å². The molecule has 0 bridgehead atoms. The van der Waals surface area contributed by atoms with Gasteiger partial charge < -0.3 is 20.5 Å². The number of carbonyl (C=O) groups excluding carboxylic acids is 3. The van der Waals surface area contributed by atoms with Crippen LogP contribution >= 0.6 is 0 Å². The molecule has 0 saturated carbocycles. The van der Waals surface area contributed by atoms with Gasteiger partial charge in [-0.2, -0.15) is 0 Å². The number of rotatable bonds is 9. The topological polar surface area (TPSA) is 105 Å². The molecule has 7 heteroatoms. The lowest BCUT2D eigenvalue weighted by atomic mass is 9.94. The first-order valence-corrected chi connectivity index (χ1v) is 14.2. The second-order valence-electron chi connectivity index (χ2n) is 10.5. The van der Waals surface area contributed by atoms with E-state index in [9.17, 15) is 19.5 Å². The van der Waals surface area contributed by atoms with Gasteiger partial charge in [0.1, 0.15) is 6.61 Å². The molecule has 7 nitrogen and oxygen atoms in total. The zero-order valence-electron chi connectivity index (χ0n) is 23.2. The number of aliphatic hydroxyl groups excluding tert-OH is 1. The Morgan fingerprint density at radius 1 is 0.854 bits per heavy atom. The van der Waals surface area contributed by atoms with Crippen LogP contribution in [0.1, 0.15) is 42.0 Å². The van der Waals surface area contributed by atoms with Crippen LogP contribution < -0.4 is 10.6 Å². The Labute approximate surface area is 241 Å². The highest BCUT2D eigenvalue weighted by Gasteiger charge is 2.28. The molecule has 4 atom stereocenters. The molecule has 3 aromatic carbocycles. The fraction of sp³-hybridized carbons (Fsp3) is 0.324. The number of allylic oxidation sites excluding steroid dienone is 2. The van der Waals surface area contributed by atoms with Crippen LogP contribution in [0.5, 0.6) is 0 Å². The van der Waals surface area contributed by atoms with E-state index in [1.165, 1.54) is 0 Å². The molecule has 2 amide bonds. The summed E-state index contributed by atoms with van der Waals surface area (Å²) in [5, 5.41) is 15.8. The Morgan fingerprint density at radius 2 is 1.44 bits per heavy atom. The number of cyclic esters (lactones) is 1. The molecule has 0 unspecified atom stereocenters. The predicted octanol–water partition coefficient (Wildman–Crippen LogP) is 4.32. The lowest BCUT2D eigenvalue weighted by Crippen LogP contribution is -2.42. The highest BCUT2D eigenvalue weighted by Crippen LogP contribution is 2.22. The lowest BCUT2D eigenvalue weighted by molar-refractivity contribution is -0.150. The zero-order chi connectivity index (χ0) is 28.9. The molecule has 0 saturated heterocycles. The highest BCUT2D eigenvalue weighted by molar-refractivity contribution is 5.86. The van der Waals surface area contributed by atoms with Crippen molar-refractivity contribution in [2.24, 2.45) is 11.8 Å². The van der Waals surface area contributed by atoms with E-state index in [0.29, 0.717) is 25.7 Å². The maximum absolute atomic E-state index is 13.5. The third-order valence-electron chi connectivity index (χ3n) is 7.29. The maximum Gasteiger partial charge on any atom is 0.309 e. The fourth-order valence-corrected chi connectivity index (χ4v) is 5.02. The monoisotopic (exact) mass is 554 g/mol. The van der Waals surface area contributed by atoms with Gasteiger partial charge in [0.25, 0.3) is 0 Å². The van der Waals surface area contributed by atoms with Crippen molar-refractivity contribution in [3.63, 3.8) is 0 Å². The van der Waals surface area contributed by atoms with Crippen molar-refractivity contribution in [2.45, 2.75) is 44.2 Å². The molecule has 0 aliphatic carbocycles. The van der Waals surface area contributed by atoms with Crippen molar-refractivity contribution in [3.8, 4) is 0 Å². The van der Waals surface area contributed by atoms with E-state index in [1.54, 1.807) is 0 Å². The van der Waals surface area contributed by atoms with E-state index in [-0.39, 0.29) is 43.3 Å². The molecule has 0 spiro atoms. The van der Waals surface area contributed by atoms with Crippen molar-refractivity contribution >= 4 is 17.8 Å². The second-order valence-corrected chi connectivity index (χ2v) is 10.5. The average molecular weight is 555 g/mol. The molecule has 41 heavy (non-hydrogen) atoms. The zero-order valence-corrected chi connectivity index (χ0v) is 23.2. The molecule has 3 N–H and O–H groups in total. The third-order valence-corrected chi connectivity index (χ3v) is 7.29. The van der Waals surface area contributed by atoms with Crippen molar-refractivity contribution in [2.75, 3.05) is 13.2 Å². The largest absolute Gasteiger partial charge is 0.463 e. The summed E-state index contributed by atoms with van der Waals surface area (Å²) in [5.41, 5.74) is 2.86. The summed E-state index contributed by atoms with van der Waals surface area (Å²) in [7, 11) is 0. The summed E-state index contributed by atoms with van der Waals surface area (Å²) in [6.07, 6.45) is 5.58. The van der Waals surface area contributed by atoms with Crippen LogP contribution in [0, 0.1) is 11.8 Å². The van der Waals surface area contributed by atoms with E-state index in [2.05, 4.69) is 10.6 Å². The number of esters is 1. The summed E-state index contributed by atoms with van der Waals surface area (Å²) >= 11 is 0. The maximum atomic E-state index is 13.5. The van der Waals surface area contributed by atoms with E-state index in [0.717, 1.165) is 16.7 Å². The standard InChI is InChI=1S/C34H38N2O5/c37-23-30(21-26-14-6-2-7-15-26)35-32(38)22-28-18-10-11-19-29(20-25-12-4-1-5-13-25)34(40)41-24-31(36-33(28)39)27-16-8-3-9-17-27/h1-17,28-31,37H,18-24H2,(H,35,38)(H,36,39)/t28-,29+,30+,31-/m1/s1. The third kappa shape index (κ3) is 9.43. The number of hydrogen-bond acceptors (Lipinski definition) is 5. The quantitative estimate of drug-likeness (QED) is 0.270. The Balaban J connectivity index is 1.49. The summed E-state index contributed by atoms with van der Waals surface area (Å²) in [5.74, 6) is -1.90. The van der Waals surface area contributed by atoms with E-state index >= 15 is 0 Å². The first-order chi connectivity index (χ1) is 20.0. The highest BCUT2D eigenvalue weighted by atomic mass is 16.5. The molecular weight excluding hydrogens is 516 g/mol. The van der Waals surface area contributed by atoms with Gasteiger partial charge in [0, 0.05) is 6.42 Å². The molecule has 0 fully saturated rings. The van der Waals surface area contributed by atoms with E-state index < -0.39 is 18.0 Å². The van der Waals surface area contributed by atoms with Crippen molar-refractivity contribution in [1.82, 2.24) is 10.6 Å². The van der Waals surface area contributed by atoms with Gasteiger partial charge in [-0.3, -0.25) is 14.4 Å². The van der Waals surface area contributed by atoms with Gasteiger partial charge in [0.2, 0.25) is 11.8 Å². The van der Waals surface area contributed by atoms with E-state index in [1.807, 2.05) is 103 Å². The predicted molar refractivity (Wildman–Crippen MR) is 158 cm³/mol. The number of carbonyl (C=O) groups is 3. The molecule has 0 aromatic heterocycles. The van der Waals surface area contributed by atoms with Gasteiger partial charge in [-0.05, 0) is 42.4 Å². The number of nitrogens with one attached hydrogen (secondary N) is 2. The van der Waals surface area contributed by atoms with Gasteiger partial charge in [0.05, 0.1) is 30.5 Å². The Hall–Kier alpha value is -4.23. The van der Waals surface area contributed by atoms with Gasteiger partial charge in [0.15, 0.2) is 0 Å². The lowest BCUT2D eigenvalue weighted by Gasteiger charge is -2.25. The minimum absolute atomic E-state index is 0.00777. The van der Waals surface area contributed by atoms with Crippen LogP contribution in [0.15, 0.2) is 103 Å². The first-order valence-electron chi connectivity index (χ1n) is 14.2. The summed E-state index contributed by atoms with van der Waals surface area (Å²) in [6, 6.07) is 27.8. The van der Waals surface area contributed by atoms with Crippen molar-refractivity contribution in [3.05, 3.63) is 120 Å². The molecule has 1 aliphatic rings. The second kappa shape index (κ2) is 15.5. The molecule has 214 valence electrons. The Morgan fingerprint density at radius 3 is 2.07 bits per heavy atom. The molecule has 3 aromatic rings. The van der Waals surface area contributed by atoms with Crippen LogP contribution in [0.3, 0.4) is 0 Å². The summed E-state index contributed by atoms with van der Waals surface area (Å²) < 4.78 is 5.76. The number of ether oxygens (including phenoxy) is 1. The number of hydrogen-bond donors (Lipinski definition) is 3. The van der Waals surface area contributed by atoms with Crippen molar-refractivity contribution < 1.29 is 24.2 Å². The SMILES string of the molecule is O=C(C[C@H]1CC=CC[C@@H](Cc2ccccc2)C(=O)OC[C@H](c2ccccc2)NC1=O)N[C@H](CO)Cc1ccccc1. The van der Waals surface area contributed by atoms with Crippen LogP contribution in [-0.4, -0.2) is 42.1 Å². The number of amides is 2. The minimum atomic E-state index is -0.628. The molecule has 4 rings (SSSR count). The minimum Gasteiger partial charge on any atom is -0.463 e.